The summed E-state index contributed by atoms with van der Waals surface area (Å²) in [5.74, 6) is -1.20. The average molecular weight is 362 g/mol. The Morgan fingerprint density at radius 2 is 1.88 bits per heavy atom. The molecule has 26 heavy (non-hydrogen) atoms. The van der Waals surface area contributed by atoms with Crippen molar-refractivity contribution in [3.8, 4) is 0 Å². The van der Waals surface area contributed by atoms with E-state index < -0.39 is 17.3 Å². The molecule has 0 spiro atoms. The summed E-state index contributed by atoms with van der Waals surface area (Å²) in [5.41, 5.74) is -0.334. The van der Waals surface area contributed by atoms with Crippen LogP contribution in [0.25, 0.3) is 0 Å². The van der Waals surface area contributed by atoms with Gasteiger partial charge in [0.25, 0.3) is 0 Å². The van der Waals surface area contributed by atoms with Crippen LogP contribution in [-0.2, 0) is 19.1 Å². The van der Waals surface area contributed by atoms with Gasteiger partial charge in [0.1, 0.15) is 5.41 Å². The molecule has 1 heterocycles. The van der Waals surface area contributed by atoms with Crippen molar-refractivity contribution in [3.63, 3.8) is 0 Å². The van der Waals surface area contributed by atoms with Crippen molar-refractivity contribution in [2.24, 2.45) is 5.41 Å². The van der Waals surface area contributed by atoms with Crippen LogP contribution in [0.1, 0.15) is 44.0 Å². The van der Waals surface area contributed by atoms with Gasteiger partial charge in [-0.05, 0) is 57.9 Å². The van der Waals surface area contributed by atoms with Gasteiger partial charge in [-0.15, -0.1) is 0 Å². The molecule has 1 aliphatic heterocycles. The summed E-state index contributed by atoms with van der Waals surface area (Å²) in [5, 5.41) is 5.49. The number of hydrogen-bond acceptors (Lipinski definition) is 5. The number of amides is 2. The minimum Gasteiger partial charge on any atom is -0.462 e. The van der Waals surface area contributed by atoms with Crippen LogP contribution >= 0.6 is 0 Å². The van der Waals surface area contributed by atoms with E-state index in [1.165, 1.54) is 0 Å². The van der Waals surface area contributed by atoms with Crippen molar-refractivity contribution in [1.82, 2.24) is 5.32 Å². The number of esters is 1. The third-order valence-electron chi connectivity index (χ3n) is 4.30. The Kier molecular flexibility index (Phi) is 6.74. The quantitative estimate of drug-likeness (QED) is 0.572. The van der Waals surface area contributed by atoms with Gasteiger partial charge in [0, 0.05) is 18.8 Å². The van der Waals surface area contributed by atoms with Gasteiger partial charge in [-0.25, -0.2) is 4.79 Å². The molecule has 1 saturated heterocycles. The zero-order valence-corrected chi connectivity index (χ0v) is 15.5. The fourth-order valence-corrected chi connectivity index (χ4v) is 2.53. The second-order valence-electron chi connectivity index (χ2n) is 6.72. The van der Waals surface area contributed by atoms with Crippen molar-refractivity contribution in [2.45, 2.75) is 39.7 Å². The summed E-state index contributed by atoms with van der Waals surface area (Å²) < 4.78 is 10.4. The molecule has 2 rings (SSSR count). The van der Waals surface area contributed by atoms with Crippen LogP contribution in [0.2, 0.25) is 0 Å². The first-order valence-electron chi connectivity index (χ1n) is 8.83. The molecule has 1 fully saturated rings. The summed E-state index contributed by atoms with van der Waals surface area (Å²) >= 11 is 0. The number of ether oxygens (including phenoxy) is 2. The number of carbonyl (C=O) groups is 3. The summed E-state index contributed by atoms with van der Waals surface area (Å²) in [6.45, 7) is 6.29. The largest absolute Gasteiger partial charge is 0.462 e. The standard InChI is InChI=1S/C19H26N2O5/c1-4-25-16(22)13-7-9-14(10-8-13)21-18(24)19(2,3)17(23)20-12-15-6-5-11-26-15/h7-10,15H,4-6,11-12H2,1-3H3,(H,20,23)(H,21,24). The Balaban J connectivity index is 1.91. The molecular formula is C19H26N2O5. The molecule has 1 atom stereocenters. The minimum atomic E-state index is -1.24. The molecule has 142 valence electrons. The molecule has 2 N–H and O–H groups in total. The molecule has 7 nitrogen and oxygen atoms in total. The number of rotatable bonds is 7. The Morgan fingerprint density at radius 3 is 2.46 bits per heavy atom. The molecule has 1 aliphatic rings. The average Bonchev–Trinajstić information content (AvgIpc) is 3.13. The fraction of sp³-hybridized carbons (Fsp3) is 0.526. The van der Waals surface area contributed by atoms with Crippen LogP contribution in [-0.4, -0.2) is 43.6 Å². The van der Waals surface area contributed by atoms with Crippen LogP contribution in [0.5, 0.6) is 0 Å². The molecule has 1 aromatic rings. The van der Waals surface area contributed by atoms with Crippen LogP contribution < -0.4 is 10.6 Å². The highest BCUT2D eigenvalue weighted by molar-refractivity contribution is 6.09. The van der Waals surface area contributed by atoms with Crippen molar-refractivity contribution in [2.75, 3.05) is 25.1 Å². The Morgan fingerprint density at radius 1 is 1.19 bits per heavy atom. The van der Waals surface area contributed by atoms with E-state index >= 15 is 0 Å². The van der Waals surface area contributed by atoms with Crippen LogP contribution in [0, 0.1) is 5.41 Å². The first-order valence-corrected chi connectivity index (χ1v) is 8.83. The topological polar surface area (TPSA) is 93.7 Å². The molecule has 1 aromatic carbocycles. The number of hydrogen-bond donors (Lipinski definition) is 2. The number of benzene rings is 1. The maximum Gasteiger partial charge on any atom is 0.338 e. The molecule has 0 saturated carbocycles. The monoisotopic (exact) mass is 362 g/mol. The van der Waals surface area contributed by atoms with Gasteiger partial charge in [-0.3, -0.25) is 9.59 Å². The second kappa shape index (κ2) is 8.80. The Labute approximate surface area is 153 Å². The zero-order valence-electron chi connectivity index (χ0n) is 15.5. The van der Waals surface area contributed by atoms with Gasteiger partial charge in [0.15, 0.2) is 0 Å². The molecule has 0 aliphatic carbocycles. The lowest BCUT2D eigenvalue weighted by Gasteiger charge is -2.23. The van der Waals surface area contributed by atoms with Gasteiger partial charge in [-0.1, -0.05) is 0 Å². The fourth-order valence-electron chi connectivity index (χ4n) is 2.53. The van der Waals surface area contributed by atoms with Gasteiger partial charge in [0.2, 0.25) is 11.8 Å². The van der Waals surface area contributed by atoms with Crippen molar-refractivity contribution < 1.29 is 23.9 Å². The lowest BCUT2D eigenvalue weighted by Crippen LogP contribution is -2.47. The second-order valence-corrected chi connectivity index (χ2v) is 6.72. The van der Waals surface area contributed by atoms with E-state index in [4.69, 9.17) is 9.47 Å². The van der Waals surface area contributed by atoms with Crippen LogP contribution in [0.15, 0.2) is 24.3 Å². The predicted octanol–water partition coefficient (Wildman–Crippen LogP) is 2.12. The van der Waals surface area contributed by atoms with Gasteiger partial charge < -0.3 is 20.1 Å². The number of nitrogens with one attached hydrogen (secondary N) is 2. The normalized spacial score (nSPS) is 16.8. The highest BCUT2D eigenvalue weighted by Crippen LogP contribution is 2.20. The lowest BCUT2D eigenvalue weighted by molar-refractivity contribution is -0.138. The smallest absolute Gasteiger partial charge is 0.338 e. The summed E-state index contributed by atoms with van der Waals surface area (Å²) in [6.07, 6.45) is 1.93. The maximum atomic E-state index is 12.5. The van der Waals surface area contributed by atoms with Crippen LogP contribution in [0.3, 0.4) is 0 Å². The van der Waals surface area contributed by atoms with E-state index in [1.807, 2.05) is 0 Å². The van der Waals surface area contributed by atoms with Gasteiger partial charge >= 0.3 is 5.97 Å². The van der Waals surface area contributed by atoms with E-state index in [9.17, 15) is 14.4 Å². The first-order chi connectivity index (χ1) is 12.3. The van der Waals surface area contributed by atoms with E-state index in [0.717, 1.165) is 12.8 Å². The van der Waals surface area contributed by atoms with E-state index in [1.54, 1.807) is 45.0 Å². The molecule has 0 radical (unpaired) electrons. The zero-order chi connectivity index (χ0) is 19.2. The molecule has 2 amide bonds. The third-order valence-corrected chi connectivity index (χ3v) is 4.30. The van der Waals surface area contributed by atoms with Crippen molar-refractivity contribution in [3.05, 3.63) is 29.8 Å². The number of anilines is 1. The molecular weight excluding hydrogens is 336 g/mol. The molecule has 1 unspecified atom stereocenters. The van der Waals surface area contributed by atoms with E-state index in [0.29, 0.717) is 31.0 Å². The molecule has 0 aromatic heterocycles. The Hall–Kier alpha value is -2.41. The number of carbonyl (C=O) groups excluding carboxylic acids is 3. The summed E-state index contributed by atoms with van der Waals surface area (Å²) in [6, 6.07) is 6.34. The van der Waals surface area contributed by atoms with Gasteiger partial charge in [-0.2, -0.15) is 0 Å². The van der Waals surface area contributed by atoms with E-state index in [-0.39, 0.29) is 12.0 Å². The van der Waals surface area contributed by atoms with E-state index in [2.05, 4.69) is 10.6 Å². The Bertz CT molecular complexity index is 648. The summed E-state index contributed by atoms with van der Waals surface area (Å²) in [7, 11) is 0. The van der Waals surface area contributed by atoms with Crippen molar-refractivity contribution in [1.29, 1.82) is 0 Å². The SMILES string of the molecule is CCOC(=O)c1ccc(NC(=O)C(C)(C)C(=O)NCC2CCCO2)cc1. The molecule has 0 bridgehead atoms. The minimum absolute atomic E-state index is 0.0215. The molecule has 7 heteroatoms. The third kappa shape index (κ3) is 5.05. The maximum absolute atomic E-state index is 12.5. The van der Waals surface area contributed by atoms with Crippen molar-refractivity contribution >= 4 is 23.5 Å². The highest BCUT2D eigenvalue weighted by atomic mass is 16.5. The predicted molar refractivity (Wildman–Crippen MR) is 96.8 cm³/mol. The van der Waals surface area contributed by atoms with Gasteiger partial charge in [0.05, 0.1) is 18.3 Å². The lowest BCUT2D eigenvalue weighted by atomic mass is 9.90. The van der Waals surface area contributed by atoms with Crippen LogP contribution in [0.4, 0.5) is 5.69 Å². The first kappa shape index (κ1) is 19.9. The summed E-state index contributed by atoms with van der Waals surface area (Å²) in [4.78, 5) is 36.5. The highest BCUT2D eigenvalue weighted by Gasteiger charge is 2.36.